The van der Waals surface area contributed by atoms with Crippen LogP contribution in [0.25, 0.3) is 0 Å². The highest BCUT2D eigenvalue weighted by molar-refractivity contribution is 5.76. The van der Waals surface area contributed by atoms with Crippen molar-refractivity contribution in [1.82, 2.24) is 5.32 Å². The Balaban J connectivity index is 3.44. The Morgan fingerprint density at radius 2 is 0.633 bits per heavy atom. The van der Waals surface area contributed by atoms with Gasteiger partial charge in [0.15, 0.2) is 0 Å². The lowest BCUT2D eigenvalue weighted by atomic mass is 10.0. The number of aliphatic hydroxyl groups is 2. The van der Waals surface area contributed by atoms with Crippen molar-refractivity contribution in [2.45, 2.75) is 392 Å². The number of ether oxygens (including phenoxy) is 1. The molecule has 0 aromatic carbocycles. The van der Waals surface area contributed by atoms with Gasteiger partial charge in [0.25, 0.3) is 0 Å². The molecule has 0 radical (unpaired) electrons. The zero-order valence-corrected chi connectivity index (χ0v) is 53.1. The molecular weight excluding hydrogens is 971 g/mol. The third kappa shape index (κ3) is 64.8. The molecule has 0 heterocycles. The summed E-state index contributed by atoms with van der Waals surface area (Å²) in [6.45, 7) is 4.91. The summed E-state index contributed by atoms with van der Waals surface area (Å²) in [6.07, 6.45) is 89.0. The number of nitrogens with one attached hydrogen (secondary N) is 1. The molecule has 3 N–H and O–H groups in total. The molecule has 0 fully saturated rings. The fourth-order valence-electron chi connectivity index (χ4n) is 10.9. The van der Waals surface area contributed by atoms with Gasteiger partial charge in [0, 0.05) is 12.8 Å². The molecule has 2 atom stereocenters. The minimum atomic E-state index is -0.850. The Morgan fingerprint density at radius 3 is 0.987 bits per heavy atom. The summed E-state index contributed by atoms with van der Waals surface area (Å²) >= 11 is 0. The van der Waals surface area contributed by atoms with E-state index in [0.29, 0.717) is 19.4 Å². The van der Waals surface area contributed by atoms with Gasteiger partial charge in [-0.25, -0.2) is 0 Å². The molecular formula is C73H137NO5. The molecule has 6 heteroatoms. The minimum Gasteiger partial charge on any atom is -0.466 e. The van der Waals surface area contributed by atoms with Crippen molar-refractivity contribution in [1.29, 1.82) is 0 Å². The first-order valence-electron chi connectivity index (χ1n) is 35.4. The Hall–Kier alpha value is -2.18. The van der Waals surface area contributed by atoms with E-state index < -0.39 is 12.1 Å². The minimum absolute atomic E-state index is 0.00119. The molecule has 79 heavy (non-hydrogen) atoms. The SMILES string of the molecule is CCCCCC/C=C\C/C=C\CCCCCCCC(=O)OCCCCCCCCCCCCCC/C=C\CCCCCCCCCCC(=O)NC(CO)C(O)/C=C/CCCCCCCCCCCCCCCCCCCCCC. The average Bonchev–Trinajstić information content (AvgIpc) is 3.45. The van der Waals surface area contributed by atoms with E-state index in [2.05, 4.69) is 55.6 Å². The number of amides is 1. The summed E-state index contributed by atoms with van der Waals surface area (Å²) < 4.78 is 5.49. The van der Waals surface area contributed by atoms with Gasteiger partial charge in [-0.1, -0.05) is 326 Å². The number of carbonyl (C=O) groups is 2. The second-order valence-electron chi connectivity index (χ2n) is 24.2. The molecule has 0 bridgehead atoms. The molecule has 0 rings (SSSR count). The van der Waals surface area contributed by atoms with Crippen molar-refractivity contribution in [3.63, 3.8) is 0 Å². The van der Waals surface area contributed by atoms with E-state index in [1.54, 1.807) is 6.08 Å². The van der Waals surface area contributed by atoms with E-state index in [1.807, 2.05) is 6.08 Å². The van der Waals surface area contributed by atoms with Crippen LogP contribution in [0.3, 0.4) is 0 Å². The first-order valence-corrected chi connectivity index (χ1v) is 35.4. The number of esters is 1. The molecule has 1 amide bonds. The number of rotatable bonds is 66. The Kier molecular flexibility index (Phi) is 66.4. The number of allylic oxidation sites excluding steroid dienone is 7. The van der Waals surface area contributed by atoms with Gasteiger partial charge >= 0.3 is 5.97 Å². The lowest BCUT2D eigenvalue weighted by Gasteiger charge is -2.20. The van der Waals surface area contributed by atoms with E-state index in [4.69, 9.17) is 4.74 Å². The summed E-state index contributed by atoms with van der Waals surface area (Å²) in [5.41, 5.74) is 0. The van der Waals surface area contributed by atoms with E-state index in [1.165, 1.54) is 302 Å². The molecule has 0 spiro atoms. The lowest BCUT2D eigenvalue weighted by molar-refractivity contribution is -0.143. The van der Waals surface area contributed by atoms with Crippen LogP contribution in [0.2, 0.25) is 0 Å². The molecule has 0 saturated heterocycles. The van der Waals surface area contributed by atoms with Crippen LogP contribution >= 0.6 is 0 Å². The number of unbranched alkanes of at least 4 members (excludes halogenated alkanes) is 49. The summed E-state index contributed by atoms with van der Waals surface area (Å²) in [5.74, 6) is -0.0707. The normalized spacial score (nSPS) is 12.8. The van der Waals surface area contributed by atoms with Gasteiger partial charge in [-0.3, -0.25) is 9.59 Å². The third-order valence-electron chi connectivity index (χ3n) is 16.3. The fraction of sp³-hybridized carbons (Fsp3) is 0.863. The maximum atomic E-state index is 12.5. The van der Waals surface area contributed by atoms with Crippen molar-refractivity contribution in [2.75, 3.05) is 13.2 Å². The number of aliphatic hydroxyl groups excluding tert-OH is 2. The first kappa shape index (κ1) is 76.8. The second-order valence-corrected chi connectivity index (χ2v) is 24.2. The van der Waals surface area contributed by atoms with E-state index in [-0.39, 0.29) is 18.5 Å². The van der Waals surface area contributed by atoms with Gasteiger partial charge in [-0.15, -0.1) is 0 Å². The zero-order chi connectivity index (χ0) is 57.1. The summed E-state index contributed by atoms with van der Waals surface area (Å²) in [7, 11) is 0. The summed E-state index contributed by atoms with van der Waals surface area (Å²) in [5, 5.41) is 23.3. The smallest absolute Gasteiger partial charge is 0.305 e. The molecule has 0 aromatic rings. The topological polar surface area (TPSA) is 95.9 Å². The van der Waals surface area contributed by atoms with Crippen LogP contribution in [0.5, 0.6) is 0 Å². The van der Waals surface area contributed by atoms with E-state index >= 15 is 0 Å². The Labute approximate surface area is 493 Å². The van der Waals surface area contributed by atoms with Crippen molar-refractivity contribution in [3.8, 4) is 0 Å². The fourth-order valence-corrected chi connectivity index (χ4v) is 10.9. The number of carbonyl (C=O) groups excluding carboxylic acids is 2. The molecule has 0 aliphatic heterocycles. The zero-order valence-electron chi connectivity index (χ0n) is 53.1. The summed E-state index contributed by atoms with van der Waals surface area (Å²) in [6, 6.07) is -0.633. The Bertz CT molecular complexity index is 1320. The predicted molar refractivity (Wildman–Crippen MR) is 347 cm³/mol. The molecule has 0 saturated carbocycles. The molecule has 0 aliphatic rings. The molecule has 2 unspecified atom stereocenters. The molecule has 6 nitrogen and oxygen atoms in total. The lowest BCUT2D eigenvalue weighted by Crippen LogP contribution is -2.45. The van der Waals surface area contributed by atoms with Crippen LogP contribution in [0, 0.1) is 0 Å². The molecule has 0 aromatic heterocycles. The highest BCUT2D eigenvalue weighted by atomic mass is 16.5. The molecule has 0 aliphatic carbocycles. The van der Waals surface area contributed by atoms with Crippen LogP contribution in [-0.4, -0.2) is 47.4 Å². The van der Waals surface area contributed by atoms with E-state index in [9.17, 15) is 19.8 Å². The van der Waals surface area contributed by atoms with Crippen LogP contribution in [0.1, 0.15) is 380 Å². The molecule has 464 valence electrons. The maximum absolute atomic E-state index is 12.5. The number of hydrogen-bond donors (Lipinski definition) is 3. The van der Waals surface area contributed by atoms with Crippen molar-refractivity contribution in [2.24, 2.45) is 0 Å². The van der Waals surface area contributed by atoms with Gasteiger partial charge < -0.3 is 20.3 Å². The first-order chi connectivity index (χ1) is 39.0. The third-order valence-corrected chi connectivity index (χ3v) is 16.3. The largest absolute Gasteiger partial charge is 0.466 e. The van der Waals surface area contributed by atoms with Crippen molar-refractivity contribution < 1.29 is 24.5 Å². The predicted octanol–water partition coefficient (Wildman–Crippen LogP) is 22.9. The highest BCUT2D eigenvalue weighted by Crippen LogP contribution is 2.18. The van der Waals surface area contributed by atoms with Crippen LogP contribution in [0.4, 0.5) is 0 Å². The van der Waals surface area contributed by atoms with Crippen LogP contribution < -0.4 is 5.32 Å². The van der Waals surface area contributed by atoms with Gasteiger partial charge in [0.05, 0.1) is 25.4 Å². The Morgan fingerprint density at radius 1 is 0.354 bits per heavy atom. The van der Waals surface area contributed by atoms with Crippen LogP contribution in [0.15, 0.2) is 48.6 Å². The summed E-state index contributed by atoms with van der Waals surface area (Å²) in [4.78, 5) is 24.6. The standard InChI is InChI=1S/C73H137NO5/c1-3-5-7-9-11-13-15-17-19-21-22-23-28-31-34-37-41-45-49-53-57-61-65-71(76)70(69-75)74-72(77)66-62-58-54-50-46-42-38-35-32-29-26-24-25-27-30-33-36-40-44-48-52-56-60-64-68-79-73(78)67-63-59-55-51-47-43-39-20-18-16-14-12-10-8-6-4-2/h14,16,20,26,29,39,61,65,70-71,75-76H,3-13,15,17-19,21-25,27-28,30-38,40-60,62-64,66-69H2,1-2H3,(H,74,77)/b16-14-,29-26-,39-20-,65-61+. The van der Waals surface area contributed by atoms with Gasteiger partial charge in [-0.2, -0.15) is 0 Å². The quantitative estimate of drug-likeness (QED) is 0.0320. The van der Waals surface area contributed by atoms with Gasteiger partial charge in [0.1, 0.15) is 0 Å². The monoisotopic (exact) mass is 1110 g/mol. The number of hydrogen-bond acceptors (Lipinski definition) is 5. The average molecular weight is 1110 g/mol. The van der Waals surface area contributed by atoms with Gasteiger partial charge in [0.2, 0.25) is 5.91 Å². The van der Waals surface area contributed by atoms with Gasteiger partial charge in [-0.05, 0) is 89.9 Å². The van der Waals surface area contributed by atoms with Crippen molar-refractivity contribution in [3.05, 3.63) is 48.6 Å². The second kappa shape index (κ2) is 68.3. The highest BCUT2D eigenvalue weighted by Gasteiger charge is 2.18. The maximum Gasteiger partial charge on any atom is 0.305 e. The van der Waals surface area contributed by atoms with E-state index in [0.717, 1.165) is 51.4 Å². The van der Waals surface area contributed by atoms with Crippen molar-refractivity contribution >= 4 is 11.9 Å². The van der Waals surface area contributed by atoms with Crippen LogP contribution in [-0.2, 0) is 14.3 Å².